The van der Waals surface area contributed by atoms with E-state index in [1.165, 1.54) is 122 Å². The van der Waals surface area contributed by atoms with Crippen LogP contribution in [0.15, 0.2) is 237 Å². The van der Waals surface area contributed by atoms with Crippen LogP contribution in [0.4, 0.5) is 17.1 Å². The molecule has 0 aromatic heterocycles. The Labute approximate surface area is 449 Å². The molecule has 0 aliphatic heterocycles. The van der Waals surface area contributed by atoms with Gasteiger partial charge < -0.3 is 4.90 Å². The summed E-state index contributed by atoms with van der Waals surface area (Å²) in [6.07, 6.45) is 1.08. The Kier molecular flexibility index (Phi) is 11.4. The van der Waals surface area contributed by atoms with Crippen molar-refractivity contribution in [1.82, 2.24) is 0 Å². The Morgan fingerprint density at radius 2 is 0.750 bits per heavy atom. The number of aryl methyl sites for hydroxylation is 1. The third kappa shape index (κ3) is 7.83. The number of hydrogen-bond donors (Lipinski definition) is 0. The summed E-state index contributed by atoms with van der Waals surface area (Å²) in [5.41, 5.74) is 29.1. The smallest absolute Gasteiger partial charge is 0.0465 e. The zero-order valence-corrected chi connectivity index (χ0v) is 44.7. The minimum Gasteiger partial charge on any atom is -0.310 e. The van der Waals surface area contributed by atoms with Crippen LogP contribution in [0, 0.1) is 6.92 Å². The van der Waals surface area contributed by atoms with E-state index in [0.29, 0.717) is 5.92 Å². The van der Waals surface area contributed by atoms with E-state index < -0.39 is 0 Å². The van der Waals surface area contributed by atoms with E-state index in [0.717, 1.165) is 23.5 Å². The highest BCUT2D eigenvalue weighted by atomic mass is 15.1. The topological polar surface area (TPSA) is 3.24 Å². The van der Waals surface area contributed by atoms with Gasteiger partial charge in [-0.1, -0.05) is 224 Å². The highest BCUT2D eigenvalue weighted by Crippen LogP contribution is 2.54. The molecule has 1 heteroatoms. The second kappa shape index (κ2) is 18.4. The monoisotopic (exact) mass is 977 g/mol. The molecule has 2 aliphatic carbocycles. The zero-order chi connectivity index (χ0) is 51.9. The largest absolute Gasteiger partial charge is 0.310 e. The molecule has 0 spiro atoms. The maximum absolute atomic E-state index is 2.49. The van der Waals surface area contributed by atoms with Crippen molar-refractivity contribution in [1.29, 1.82) is 0 Å². The van der Waals surface area contributed by atoms with Crippen molar-refractivity contribution in [2.45, 2.75) is 71.6 Å². The van der Waals surface area contributed by atoms with Crippen molar-refractivity contribution in [2.75, 3.05) is 4.90 Å². The van der Waals surface area contributed by atoms with Crippen LogP contribution in [0.3, 0.4) is 0 Å². The van der Waals surface area contributed by atoms with E-state index in [-0.39, 0.29) is 10.8 Å². The summed E-state index contributed by atoms with van der Waals surface area (Å²) in [5, 5.41) is 2.53. The van der Waals surface area contributed by atoms with Gasteiger partial charge in [-0.15, -0.1) is 0 Å². The van der Waals surface area contributed by atoms with E-state index in [2.05, 4.69) is 290 Å². The molecule has 368 valence electrons. The van der Waals surface area contributed by atoms with Gasteiger partial charge >= 0.3 is 0 Å². The number of hydrogen-bond acceptors (Lipinski definition) is 1. The fourth-order valence-corrected chi connectivity index (χ4v) is 12.8. The van der Waals surface area contributed by atoms with E-state index in [1.54, 1.807) is 0 Å². The number of nitrogens with zero attached hydrogens (tertiary/aromatic N) is 1. The van der Waals surface area contributed by atoms with Crippen molar-refractivity contribution in [2.24, 2.45) is 0 Å². The van der Waals surface area contributed by atoms with Gasteiger partial charge in [0.05, 0.1) is 0 Å². The SMILES string of the molecule is CC[C@@H](C)c1c(-c2ccc(-c3ccc(N(c4ccc5c(c4)C(C)(C)c4cc(-c6ccccc6)ccc4-5)c4ccc5c(c4)C(C)(C)c4cc(-c6ccc7ccccc7c6)ccc4-5)cc3)cc2)cccc1-c1ccccc1C. The van der Waals surface area contributed by atoms with Crippen LogP contribution in [0.25, 0.3) is 88.7 Å². The van der Waals surface area contributed by atoms with Crippen LogP contribution in [-0.4, -0.2) is 0 Å². The average molecular weight is 978 g/mol. The Morgan fingerprint density at radius 3 is 1.36 bits per heavy atom. The Hall–Kier alpha value is -8.52. The highest BCUT2D eigenvalue weighted by Gasteiger charge is 2.38. The average Bonchev–Trinajstić information content (AvgIpc) is 3.84. The van der Waals surface area contributed by atoms with Gasteiger partial charge in [0.25, 0.3) is 0 Å². The second-order valence-electron chi connectivity index (χ2n) is 22.5. The third-order valence-corrected chi connectivity index (χ3v) is 17.3. The lowest BCUT2D eigenvalue weighted by atomic mass is 9.81. The maximum Gasteiger partial charge on any atom is 0.0465 e. The van der Waals surface area contributed by atoms with Crippen LogP contribution in [0.1, 0.15) is 87.3 Å². The number of anilines is 3. The molecule has 13 rings (SSSR count). The van der Waals surface area contributed by atoms with Crippen LogP contribution in [0.2, 0.25) is 0 Å². The first-order valence-electron chi connectivity index (χ1n) is 27.3. The quantitative estimate of drug-likeness (QED) is 0.132. The zero-order valence-electron chi connectivity index (χ0n) is 44.7. The summed E-state index contributed by atoms with van der Waals surface area (Å²) in [6.45, 7) is 16.5. The van der Waals surface area contributed by atoms with E-state index in [9.17, 15) is 0 Å². The molecular formula is C75H63N. The second-order valence-corrected chi connectivity index (χ2v) is 22.5. The first-order chi connectivity index (χ1) is 37.0. The summed E-state index contributed by atoms with van der Waals surface area (Å²) in [6, 6.07) is 88.9. The minimum atomic E-state index is -0.218. The Bertz CT molecular complexity index is 4040. The van der Waals surface area contributed by atoms with Crippen LogP contribution >= 0.6 is 0 Å². The molecule has 0 amide bonds. The van der Waals surface area contributed by atoms with Crippen LogP contribution in [0.5, 0.6) is 0 Å². The summed E-state index contributed by atoms with van der Waals surface area (Å²) in [4.78, 5) is 2.49. The van der Waals surface area contributed by atoms with Gasteiger partial charge in [0.15, 0.2) is 0 Å². The van der Waals surface area contributed by atoms with Gasteiger partial charge in [0, 0.05) is 27.9 Å². The normalized spacial score (nSPS) is 13.9. The molecule has 11 aromatic carbocycles. The fourth-order valence-electron chi connectivity index (χ4n) is 12.8. The summed E-state index contributed by atoms with van der Waals surface area (Å²) >= 11 is 0. The van der Waals surface area contributed by atoms with Crippen molar-refractivity contribution in [3.63, 3.8) is 0 Å². The molecule has 1 atom stereocenters. The summed E-state index contributed by atoms with van der Waals surface area (Å²) < 4.78 is 0. The van der Waals surface area contributed by atoms with Gasteiger partial charge in [-0.25, -0.2) is 0 Å². The molecule has 1 nitrogen and oxygen atoms in total. The molecule has 0 saturated heterocycles. The highest BCUT2D eigenvalue weighted by molar-refractivity contribution is 5.92. The van der Waals surface area contributed by atoms with E-state index in [1.807, 2.05) is 0 Å². The van der Waals surface area contributed by atoms with E-state index >= 15 is 0 Å². The molecule has 76 heavy (non-hydrogen) atoms. The fraction of sp³-hybridized carbons (Fsp3) is 0.147. The molecule has 0 N–H and O–H groups in total. The number of fused-ring (bicyclic) bond motifs is 7. The molecular weight excluding hydrogens is 915 g/mol. The third-order valence-electron chi connectivity index (χ3n) is 17.3. The molecule has 0 saturated carbocycles. The number of benzene rings is 11. The van der Waals surface area contributed by atoms with Crippen molar-refractivity contribution in [3.8, 4) is 77.9 Å². The van der Waals surface area contributed by atoms with Gasteiger partial charge in [-0.05, 0) is 196 Å². The van der Waals surface area contributed by atoms with Crippen molar-refractivity contribution >= 4 is 27.8 Å². The Balaban J connectivity index is 0.881. The molecule has 0 bridgehead atoms. The predicted molar refractivity (Wildman–Crippen MR) is 324 cm³/mol. The number of rotatable bonds is 10. The molecule has 0 heterocycles. The van der Waals surface area contributed by atoms with Gasteiger partial charge in [0.2, 0.25) is 0 Å². The lowest BCUT2D eigenvalue weighted by molar-refractivity contribution is 0.660. The predicted octanol–water partition coefficient (Wildman–Crippen LogP) is 21.1. The minimum absolute atomic E-state index is 0.200. The summed E-state index contributed by atoms with van der Waals surface area (Å²) in [5.74, 6) is 0.418. The van der Waals surface area contributed by atoms with Gasteiger partial charge in [-0.2, -0.15) is 0 Å². The van der Waals surface area contributed by atoms with Crippen molar-refractivity contribution < 1.29 is 0 Å². The Morgan fingerprint density at radius 1 is 0.329 bits per heavy atom. The molecule has 11 aromatic rings. The molecule has 0 unspecified atom stereocenters. The van der Waals surface area contributed by atoms with Crippen LogP contribution in [-0.2, 0) is 10.8 Å². The van der Waals surface area contributed by atoms with Gasteiger partial charge in [0.1, 0.15) is 0 Å². The van der Waals surface area contributed by atoms with E-state index in [4.69, 9.17) is 0 Å². The standard InChI is InChI=1S/C75H63N/c1-8-48(2)73-63(23-16-24-68(73)62-22-15-12-17-49(62)3)54-28-25-52(26-29-54)53-31-35-59(36-32-53)76(60-37-41-66-64-39-33-57(50-18-10-9-11-19-50)44-69(64)74(4,5)71(66)46-60)61-38-42-67-65-40-34-58(45-70(65)75(6,7)72(67)47-61)56-30-27-51-20-13-14-21-55(51)43-56/h9-48H,8H2,1-7H3/t48-/m1/s1. The van der Waals surface area contributed by atoms with Gasteiger partial charge in [-0.3, -0.25) is 0 Å². The first kappa shape index (κ1) is 47.2. The molecule has 2 aliphatic rings. The van der Waals surface area contributed by atoms with Crippen molar-refractivity contribution in [3.05, 3.63) is 270 Å². The van der Waals surface area contributed by atoms with Crippen LogP contribution < -0.4 is 4.90 Å². The lowest BCUT2D eigenvalue weighted by Gasteiger charge is -2.30. The first-order valence-corrected chi connectivity index (χ1v) is 27.3. The molecule has 0 radical (unpaired) electrons. The lowest BCUT2D eigenvalue weighted by Crippen LogP contribution is -2.18. The summed E-state index contributed by atoms with van der Waals surface area (Å²) in [7, 11) is 0. The maximum atomic E-state index is 2.49. The molecule has 0 fully saturated rings.